The molecule has 0 spiro atoms. The lowest BCUT2D eigenvalue weighted by atomic mass is 9.98. The lowest BCUT2D eigenvalue weighted by Crippen LogP contribution is -2.51. The lowest BCUT2D eigenvalue weighted by Gasteiger charge is -2.23. The van der Waals surface area contributed by atoms with Crippen molar-refractivity contribution in [1.82, 2.24) is 20.9 Å². The van der Waals surface area contributed by atoms with Gasteiger partial charge < -0.3 is 34.8 Å². The summed E-state index contributed by atoms with van der Waals surface area (Å²) in [6.45, 7) is 5.22. The van der Waals surface area contributed by atoms with Gasteiger partial charge >= 0.3 is 6.09 Å². The number of rotatable bonds is 12. The minimum atomic E-state index is -0.900. The second-order valence-electron chi connectivity index (χ2n) is 9.61. The molecule has 192 valence electrons. The highest BCUT2D eigenvalue weighted by molar-refractivity contribution is 5.88. The van der Waals surface area contributed by atoms with Crippen LogP contribution in [0.25, 0.3) is 0 Å². The number of amides is 4. The van der Waals surface area contributed by atoms with E-state index in [0.29, 0.717) is 44.5 Å². The number of ether oxygens (including phenoxy) is 1. The topological polar surface area (TPSA) is 147 Å². The van der Waals surface area contributed by atoms with Crippen LogP contribution in [0.5, 0.6) is 0 Å². The van der Waals surface area contributed by atoms with E-state index in [4.69, 9.17) is 9.15 Å². The largest absolute Gasteiger partial charge is 0.467 e. The van der Waals surface area contributed by atoms with Crippen molar-refractivity contribution in [2.45, 2.75) is 58.2 Å². The van der Waals surface area contributed by atoms with Gasteiger partial charge in [-0.05, 0) is 37.3 Å². The van der Waals surface area contributed by atoms with Crippen LogP contribution < -0.4 is 16.0 Å². The molecule has 2 saturated heterocycles. The Bertz CT molecular complexity index is 902. The molecule has 2 aliphatic rings. The maximum Gasteiger partial charge on any atom is 0.407 e. The van der Waals surface area contributed by atoms with Crippen molar-refractivity contribution in [3.63, 3.8) is 0 Å². The van der Waals surface area contributed by atoms with Gasteiger partial charge in [0.05, 0.1) is 25.5 Å². The maximum absolute atomic E-state index is 12.8. The molecule has 0 aliphatic carbocycles. The predicted octanol–water partition coefficient (Wildman–Crippen LogP) is 0.979. The van der Waals surface area contributed by atoms with Crippen LogP contribution in [0.3, 0.4) is 0 Å². The van der Waals surface area contributed by atoms with Crippen molar-refractivity contribution in [3.05, 3.63) is 24.2 Å². The highest BCUT2D eigenvalue weighted by Gasteiger charge is 2.32. The average molecular weight is 491 g/mol. The molecule has 4 amide bonds. The van der Waals surface area contributed by atoms with Gasteiger partial charge in [-0.15, -0.1) is 0 Å². The van der Waals surface area contributed by atoms with Gasteiger partial charge in [0.25, 0.3) is 0 Å². The van der Waals surface area contributed by atoms with Crippen LogP contribution in [0, 0.1) is 17.8 Å². The summed E-state index contributed by atoms with van der Waals surface area (Å²) in [6, 6.07) is 1.83. The first kappa shape index (κ1) is 26.2. The number of nitrogens with zero attached hydrogens (tertiary/aromatic N) is 1. The molecule has 0 bridgehead atoms. The van der Waals surface area contributed by atoms with E-state index in [1.54, 1.807) is 23.3 Å². The predicted molar refractivity (Wildman–Crippen MR) is 124 cm³/mol. The van der Waals surface area contributed by atoms with Crippen molar-refractivity contribution in [3.8, 4) is 0 Å². The zero-order valence-corrected chi connectivity index (χ0v) is 20.2. The number of hydrogen-bond donors (Lipinski definition) is 3. The third kappa shape index (κ3) is 7.83. The number of carbonyl (C=O) groups excluding carboxylic acids is 5. The van der Waals surface area contributed by atoms with Crippen molar-refractivity contribution in [2.24, 2.45) is 17.8 Å². The number of carbonyl (C=O) groups is 5. The molecule has 0 saturated carbocycles. The van der Waals surface area contributed by atoms with Gasteiger partial charge in [-0.25, -0.2) is 4.79 Å². The molecule has 0 radical (unpaired) electrons. The third-order valence-corrected chi connectivity index (χ3v) is 6.18. The Hall–Kier alpha value is -3.37. The van der Waals surface area contributed by atoms with Crippen LogP contribution in [0.2, 0.25) is 0 Å². The molecule has 2 fully saturated rings. The van der Waals surface area contributed by atoms with E-state index in [9.17, 15) is 24.0 Å². The molecule has 11 nitrogen and oxygen atoms in total. The van der Waals surface area contributed by atoms with E-state index in [2.05, 4.69) is 16.0 Å². The summed E-state index contributed by atoms with van der Waals surface area (Å²) < 4.78 is 10.6. The second kappa shape index (κ2) is 12.4. The minimum absolute atomic E-state index is 0.0377. The van der Waals surface area contributed by atoms with Crippen molar-refractivity contribution in [1.29, 1.82) is 0 Å². The maximum atomic E-state index is 12.8. The van der Waals surface area contributed by atoms with Gasteiger partial charge in [0.2, 0.25) is 17.7 Å². The van der Waals surface area contributed by atoms with E-state index >= 15 is 0 Å². The number of likely N-dealkylation sites (tertiary alicyclic amines) is 1. The Kier molecular flexibility index (Phi) is 9.27. The van der Waals surface area contributed by atoms with Gasteiger partial charge in [-0.2, -0.15) is 0 Å². The summed E-state index contributed by atoms with van der Waals surface area (Å²) in [6.07, 6.45) is 2.83. The SMILES string of the molecule is CC(C)C[C@H](NC(=O)OCC1CC(=O)N(Cc2ccco2)C1)C(=O)N[C@H](C=O)C[C@@H]1CCNC1=O. The molecular formula is C24H34N4O7. The summed E-state index contributed by atoms with van der Waals surface area (Å²) in [5.74, 6) is -0.382. The zero-order valence-electron chi connectivity index (χ0n) is 20.2. The molecule has 3 N–H and O–H groups in total. The minimum Gasteiger partial charge on any atom is -0.467 e. The fourth-order valence-corrected chi connectivity index (χ4v) is 4.40. The van der Waals surface area contributed by atoms with Crippen LogP contribution in [-0.2, 0) is 30.5 Å². The third-order valence-electron chi connectivity index (χ3n) is 6.18. The van der Waals surface area contributed by atoms with Crippen molar-refractivity contribution in [2.75, 3.05) is 19.7 Å². The summed E-state index contributed by atoms with van der Waals surface area (Å²) >= 11 is 0. The van der Waals surface area contributed by atoms with Gasteiger partial charge in [0.1, 0.15) is 18.1 Å². The van der Waals surface area contributed by atoms with Crippen LogP contribution in [-0.4, -0.2) is 66.8 Å². The normalized spacial score (nSPS) is 21.5. The number of alkyl carbamates (subject to hydrolysis) is 1. The van der Waals surface area contributed by atoms with E-state index in [0.717, 1.165) is 0 Å². The first-order chi connectivity index (χ1) is 16.7. The molecule has 11 heteroatoms. The highest BCUT2D eigenvalue weighted by atomic mass is 16.5. The van der Waals surface area contributed by atoms with Crippen LogP contribution in [0.4, 0.5) is 4.79 Å². The quantitative estimate of drug-likeness (QED) is 0.370. The monoisotopic (exact) mass is 490 g/mol. The van der Waals surface area contributed by atoms with Gasteiger partial charge in [-0.1, -0.05) is 13.8 Å². The van der Waals surface area contributed by atoms with Crippen molar-refractivity contribution < 1.29 is 33.1 Å². The molecule has 3 rings (SSSR count). The van der Waals surface area contributed by atoms with Gasteiger partial charge in [-0.3, -0.25) is 14.4 Å². The zero-order chi connectivity index (χ0) is 25.4. The molecule has 4 atom stereocenters. The van der Waals surface area contributed by atoms with Crippen LogP contribution >= 0.6 is 0 Å². The van der Waals surface area contributed by atoms with Crippen LogP contribution in [0.1, 0.15) is 45.3 Å². The van der Waals surface area contributed by atoms with E-state index in [1.807, 2.05) is 13.8 Å². The number of nitrogens with one attached hydrogen (secondary N) is 3. The average Bonchev–Trinajstić information content (AvgIpc) is 3.54. The molecular weight excluding hydrogens is 456 g/mol. The Morgan fingerprint density at radius 1 is 1.31 bits per heavy atom. The van der Waals surface area contributed by atoms with E-state index < -0.39 is 24.1 Å². The molecule has 3 heterocycles. The second-order valence-corrected chi connectivity index (χ2v) is 9.61. The Balaban J connectivity index is 1.47. The first-order valence-electron chi connectivity index (χ1n) is 12.0. The molecule has 1 aromatic heterocycles. The Labute approximate surface area is 204 Å². The Morgan fingerprint density at radius 3 is 2.74 bits per heavy atom. The molecule has 35 heavy (non-hydrogen) atoms. The van der Waals surface area contributed by atoms with E-state index in [1.165, 1.54) is 0 Å². The molecule has 0 aromatic carbocycles. The fraction of sp³-hybridized carbons (Fsp3) is 0.625. The fourth-order valence-electron chi connectivity index (χ4n) is 4.40. The van der Waals surface area contributed by atoms with Gasteiger partial charge in [0, 0.05) is 31.3 Å². The van der Waals surface area contributed by atoms with Crippen LogP contribution in [0.15, 0.2) is 22.8 Å². The molecule has 2 aliphatic heterocycles. The van der Waals surface area contributed by atoms with Crippen molar-refractivity contribution >= 4 is 30.1 Å². The summed E-state index contributed by atoms with van der Waals surface area (Å²) in [7, 11) is 0. The smallest absolute Gasteiger partial charge is 0.407 e. The first-order valence-corrected chi connectivity index (χ1v) is 12.0. The molecule has 1 unspecified atom stereocenters. The number of aldehydes is 1. The number of furan rings is 1. The summed E-state index contributed by atoms with van der Waals surface area (Å²) in [5, 5.41) is 7.93. The molecule has 1 aromatic rings. The number of hydrogen-bond acceptors (Lipinski definition) is 7. The lowest BCUT2D eigenvalue weighted by molar-refractivity contribution is -0.128. The standard InChI is InChI=1S/C24H34N4O7/c1-15(2)8-20(23(32)26-18(13-29)10-17-5-6-25-22(17)31)27-24(33)35-14-16-9-21(30)28(11-16)12-19-4-3-7-34-19/h3-4,7,13,15-18,20H,5-6,8-12,14H2,1-2H3,(H,25,31)(H,26,32)(H,27,33)/t16?,17-,18-,20-/m0/s1. The summed E-state index contributed by atoms with van der Waals surface area (Å²) in [4.78, 5) is 62.5. The summed E-state index contributed by atoms with van der Waals surface area (Å²) in [5.41, 5.74) is 0. The Morgan fingerprint density at radius 2 is 2.11 bits per heavy atom. The highest BCUT2D eigenvalue weighted by Crippen LogP contribution is 2.21. The van der Waals surface area contributed by atoms with Gasteiger partial charge in [0.15, 0.2) is 0 Å². The van der Waals surface area contributed by atoms with E-state index in [-0.39, 0.29) is 49.0 Å².